The number of amides is 1. The van der Waals surface area contributed by atoms with Gasteiger partial charge in [0, 0.05) is 24.3 Å². The molecule has 1 amide bonds. The lowest BCUT2D eigenvalue weighted by molar-refractivity contribution is 0.0512. The molecule has 0 spiro atoms. The maximum absolute atomic E-state index is 13.9. The lowest BCUT2D eigenvalue weighted by Gasteiger charge is -2.29. The quantitative estimate of drug-likeness (QED) is 0.260. The van der Waals surface area contributed by atoms with Crippen LogP contribution >= 0.6 is 11.6 Å². The van der Waals surface area contributed by atoms with Gasteiger partial charge in [0.1, 0.15) is 11.5 Å². The van der Waals surface area contributed by atoms with Gasteiger partial charge in [-0.1, -0.05) is 35.9 Å². The normalized spacial score (nSPS) is 11.8. The first kappa shape index (κ1) is 27.1. The van der Waals surface area contributed by atoms with Gasteiger partial charge in [-0.2, -0.15) is 0 Å². The van der Waals surface area contributed by atoms with Crippen molar-refractivity contribution in [2.45, 2.75) is 53.8 Å². The number of Topliss-reactive ketones (excluding diaryl/α,β-unsaturated/α-hetero) is 1. The van der Waals surface area contributed by atoms with Gasteiger partial charge in [0.15, 0.2) is 5.78 Å². The minimum atomic E-state index is -0.904. The fourth-order valence-corrected chi connectivity index (χ4v) is 4.64. The Kier molecular flexibility index (Phi) is 8.69. The third-order valence-corrected chi connectivity index (χ3v) is 6.61. The molecule has 0 N–H and O–H groups in total. The van der Waals surface area contributed by atoms with Crippen molar-refractivity contribution in [3.8, 4) is 0 Å². The molecule has 2 aromatic carbocycles. The highest BCUT2D eigenvalue weighted by Crippen LogP contribution is 2.27. The lowest BCUT2D eigenvalue weighted by atomic mass is 9.98. The predicted octanol–water partition coefficient (Wildman–Crippen LogP) is 6.01. The summed E-state index contributed by atoms with van der Waals surface area (Å²) < 4.78 is 20.5. The number of halogens is 2. The molecule has 1 unspecified atom stereocenters. The Morgan fingerprint density at radius 1 is 1.06 bits per heavy atom. The Hall–Kier alpha value is -3.45. The average Bonchev–Trinajstić information content (AvgIpc) is 3.11. The molecule has 3 aromatic rings. The molecule has 0 saturated heterocycles. The number of hydrogen-bond acceptors (Lipinski definition) is 4. The van der Waals surface area contributed by atoms with E-state index in [0.29, 0.717) is 34.6 Å². The molecule has 0 bridgehead atoms. The van der Waals surface area contributed by atoms with Crippen LogP contribution in [0.1, 0.15) is 68.8 Å². The van der Waals surface area contributed by atoms with Crippen molar-refractivity contribution in [3.05, 3.63) is 93.0 Å². The van der Waals surface area contributed by atoms with Crippen LogP contribution in [-0.4, -0.2) is 39.8 Å². The number of esters is 1. The molecular formula is C28H30ClFN2O4. The van der Waals surface area contributed by atoms with Crippen molar-refractivity contribution < 1.29 is 23.5 Å². The monoisotopic (exact) mass is 512 g/mol. The topological polar surface area (TPSA) is 68.6 Å². The first-order valence-corrected chi connectivity index (χ1v) is 12.2. The molecule has 0 aliphatic heterocycles. The second-order valence-corrected chi connectivity index (χ2v) is 8.89. The smallest absolute Gasteiger partial charge is 0.355 e. The van der Waals surface area contributed by atoms with Crippen LogP contribution in [0.2, 0.25) is 5.02 Å². The van der Waals surface area contributed by atoms with E-state index in [2.05, 4.69) is 0 Å². The van der Waals surface area contributed by atoms with Gasteiger partial charge in [0.25, 0.3) is 5.91 Å². The van der Waals surface area contributed by atoms with E-state index >= 15 is 0 Å². The highest BCUT2D eigenvalue weighted by molar-refractivity contribution is 6.33. The third kappa shape index (κ3) is 5.36. The summed E-state index contributed by atoms with van der Waals surface area (Å²) in [7, 11) is 0. The second-order valence-electron chi connectivity index (χ2n) is 8.48. The van der Waals surface area contributed by atoms with Crippen molar-refractivity contribution in [3.63, 3.8) is 0 Å². The van der Waals surface area contributed by atoms with E-state index in [1.165, 1.54) is 17.0 Å². The number of rotatable bonds is 9. The van der Waals surface area contributed by atoms with Crippen LogP contribution in [0.4, 0.5) is 4.39 Å². The molecule has 1 heterocycles. The molecule has 0 aliphatic carbocycles. The molecular weight excluding hydrogens is 483 g/mol. The Morgan fingerprint density at radius 2 is 1.69 bits per heavy atom. The van der Waals surface area contributed by atoms with E-state index in [9.17, 15) is 18.8 Å². The van der Waals surface area contributed by atoms with Gasteiger partial charge in [0.2, 0.25) is 0 Å². The van der Waals surface area contributed by atoms with Gasteiger partial charge >= 0.3 is 5.97 Å². The zero-order valence-corrected chi connectivity index (χ0v) is 21.9. The van der Waals surface area contributed by atoms with Gasteiger partial charge < -0.3 is 14.2 Å². The third-order valence-electron chi connectivity index (χ3n) is 6.28. The lowest BCUT2D eigenvalue weighted by Crippen LogP contribution is -2.43. The number of carbonyl (C=O) groups is 3. The molecule has 8 heteroatoms. The van der Waals surface area contributed by atoms with Crippen LogP contribution in [0.15, 0.2) is 48.5 Å². The van der Waals surface area contributed by atoms with Crippen LogP contribution in [-0.2, 0) is 17.8 Å². The average molecular weight is 513 g/mol. The number of aromatic nitrogens is 1. The summed E-state index contributed by atoms with van der Waals surface area (Å²) in [6.07, 6.45) is 0. The standard InChI is InChI=1S/C28H30ClFN2O4/c1-6-31-18(4)24(17(3)25(31)28(35)36-7-2)26(33)19(5)32(16-20-12-14-21(30)15-13-20)27(34)22-10-8-9-11-23(22)29/h8-15,19H,6-7,16H2,1-5H3. The largest absolute Gasteiger partial charge is 0.461 e. The number of ether oxygens (including phenoxy) is 1. The fourth-order valence-electron chi connectivity index (χ4n) is 4.43. The summed E-state index contributed by atoms with van der Waals surface area (Å²) in [5.41, 5.74) is 2.76. The molecule has 6 nitrogen and oxygen atoms in total. The summed E-state index contributed by atoms with van der Waals surface area (Å²) in [5, 5.41) is 0.264. The van der Waals surface area contributed by atoms with Crippen molar-refractivity contribution in [2.75, 3.05) is 6.61 Å². The van der Waals surface area contributed by atoms with Crippen molar-refractivity contribution >= 4 is 29.3 Å². The summed E-state index contributed by atoms with van der Waals surface area (Å²) in [6, 6.07) is 11.5. The maximum Gasteiger partial charge on any atom is 0.355 e. The molecule has 1 aromatic heterocycles. The Balaban J connectivity index is 2.07. The molecule has 0 fully saturated rings. The van der Waals surface area contributed by atoms with Gasteiger partial charge in [-0.05, 0) is 70.0 Å². The van der Waals surface area contributed by atoms with Crippen LogP contribution < -0.4 is 0 Å². The van der Waals surface area contributed by atoms with Crippen molar-refractivity contribution in [1.29, 1.82) is 0 Å². The first-order chi connectivity index (χ1) is 17.1. The highest BCUT2D eigenvalue weighted by Gasteiger charge is 2.33. The second kappa shape index (κ2) is 11.5. The van der Waals surface area contributed by atoms with Crippen LogP contribution in [0.5, 0.6) is 0 Å². The minimum absolute atomic E-state index is 0.0640. The van der Waals surface area contributed by atoms with Crippen LogP contribution in [0.3, 0.4) is 0 Å². The van der Waals surface area contributed by atoms with E-state index in [-0.39, 0.29) is 29.5 Å². The number of nitrogens with zero attached hydrogens (tertiary/aromatic N) is 2. The molecule has 0 radical (unpaired) electrons. The summed E-state index contributed by atoms with van der Waals surface area (Å²) in [6.45, 7) is 9.49. The van der Waals surface area contributed by atoms with Gasteiger partial charge in [-0.25, -0.2) is 9.18 Å². The maximum atomic E-state index is 13.9. The van der Waals surface area contributed by atoms with E-state index in [1.54, 1.807) is 68.7 Å². The van der Waals surface area contributed by atoms with Gasteiger partial charge in [0.05, 0.1) is 23.2 Å². The minimum Gasteiger partial charge on any atom is -0.461 e. The SMILES string of the molecule is CCOC(=O)c1c(C)c(C(=O)C(C)N(Cc2ccc(F)cc2)C(=O)c2ccccc2Cl)c(C)n1CC. The summed E-state index contributed by atoms with van der Waals surface area (Å²) in [5.74, 6) is -1.64. The zero-order valence-electron chi connectivity index (χ0n) is 21.1. The van der Waals surface area contributed by atoms with Gasteiger partial charge in [-0.3, -0.25) is 9.59 Å². The molecule has 3 rings (SSSR count). The van der Waals surface area contributed by atoms with E-state index in [1.807, 2.05) is 6.92 Å². The van der Waals surface area contributed by atoms with E-state index in [0.717, 1.165) is 0 Å². The van der Waals surface area contributed by atoms with Crippen LogP contribution in [0.25, 0.3) is 0 Å². The first-order valence-electron chi connectivity index (χ1n) is 11.8. The molecule has 190 valence electrons. The van der Waals surface area contributed by atoms with Gasteiger partial charge in [-0.15, -0.1) is 0 Å². The highest BCUT2D eigenvalue weighted by atomic mass is 35.5. The Labute approximate surface area is 215 Å². The van der Waals surface area contributed by atoms with Crippen molar-refractivity contribution in [2.24, 2.45) is 0 Å². The number of hydrogen-bond donors (Lipinski definition) is 0. The Bertz CT molecular complexity index is 1280. The molecule has 0 aliphatic rings. The molecule has 36 heavy (non-hydrogen) atoms. The predicted molar refractivity (Wildman–Crippen MR) is 137 cm³/mol. The summed E-state index contributed by atoms with van der Waals surface area (Å²) >= 11 is 6.31. The zero-order chi connectivity index (χ0) is 26.6. The Morgan fingerprint density at radius 3 is 2.28 bits per heavy atom. The number of ketones is 1. The van der Waals surface area contributed by atoms with E-state index in [4.69, 9.17) is 16.3 Å². The van der Waals surface area contributed by atoms with E-state index < -0.39 is 23.7 Å². The van der Waals surface area contributed by atoms with Crippen LogP contribution in [0, 0.1) is 19.7 Å². The molecule has 1 atom stereocenters. The number of benzene rings is 2. The number of carbonyl (C=O) groups excluding carboxylic acids is 3. The molecule has 0 saturated carbocycles. The fraction of sp³-hybridized carbons (Fsp3) is 0.321. The van der Waals surface area contributed by atoms with Crippen molar-refractivity contribution in [1.82, 2.24) is 9.47 Å². The summed E-state index contributed by atoms with van der Waals surface area (Å²) in [4.78, 5) is 41.6.